The molecule has 0 aliphatic heterocycles. The number of hydrogen-bond acceptors (Lipinski definition) is 4. The van der Waals surface area contributed by atoms with Crippen molar-refractivity contribution in [3.05, 3.63) is 46.3 Å². The lowest BCUT2D eigenvalue weighted by Crippen LogP contribution is -2.38. The third-order valence-electron chi connectivity index (χ3n) is 4.73. The molecule has 1 fully saturated rings. The van der Waals surface area contributed by atoms with E-state index in [1.165, 1.54) is 12.8 Å². The Balaban J connectivity index is 1.68. The lowest BCUT2D eigenvalue weighted by molar-refractivity contribution is 0.477. The number of nitrogens with zero attached hydrogens (tertiary/aromatic N) is 3. The van der Waals surface area contributed by atoms with Crippen LogP contribution in [-0.4, -0.2) is 25.7 Å². The quantitative estimate of drug-likeness (QED) is 0.710. The maximum atomic E-state index is 6.39. The van der Waals surface area contributed by atoms with E-state index >= 15 is 0 Å². The van der Waals surface area contributed by atoms with Crippen LogP contribution in [0.4, 0.5) is 5.82 Å². The molecule has 1 saturated carbocycles. The Hall–Kier alpha value is -1.85. The summed E-state index contributed by atoms with van der Waals surface area (Å²) in [5.41, 5.74) is 1.73. The molecular weight excluding hydrogens is 345 g/mol. The molecule has 2 N–H and O–H groups in total. The third kappa shape index (κ3) is 2.94. The summed E-state index contributed by atoms with van der Waals surface area (Å²) in [5.74, 6) is 0.814. The van der Waals surface area contributed by atoms with E-state index in [9.17, 15) is 0 Å². The van der Waals surface area contributed by atoms with E-state index < -0.39 is 0 Å². The second kappa shape index (κ2) is 6.22. The van der Waals surface area contributed by atoms with Crippen LogP contribution in [-0.2, 0) is 6.42 Å². The van der Waals surface area contributed by atoms with Gasteiger partial charge in [-0.05, 0) is 43.0 Å². The molecule has 2 heterocycles. The van der Waals surface area contributed by atoms with Gasteiger partial charge in [-0.2, -0.15) is 5.10 Å². The Bertz CT molecular complexity index is 870. The lowest BCUT2D eigenvalue weighted by Gasteiger charge is -2.31. The fraction of sp³-hybridized carbons (Fsp3) is 0.353. The van der Waals surface area contributed by atoms with Gasteiger partial charge in [0, 0.05) is 15.6 Å². The van der Waals surface area contributed by atoms with Gasteiger partial charge in [0.25, 0.3) is 0 Å². The standard InChI is InChI=1S/C17H17Cl2N5/c18-12-3-4-14(19)11(7-12)8-17(5-1-2-6-17)23-15-13-9-22-24-16(13)21-10-20-15/h3-4,7,9-10H,1-2,5-6,8H2,(H2,20,21,22,23,24). The number of fused-ring (bicyclic) bond motifs is 1. The first-order valence-electron chi connectivity index (χ1n) is 8.01. The number of aromatic amines is 1. The predicted molar refractivity (Wildman–Crippen MR) is 96.7 cm³/mol. The van der Waals surface area contributed by atoms with Gasteiger partial charge in [-0.15, -0.1) is 0 Å². The Morgan fingerprint density at radius 3 is 2.83 bits per heavy atom. The van der Waals surface area contributed by atoms with Gasteiger partial charge in [-0.1, -0.05) is 36.0 Å². The van der Waals surface area contributed by atoms with E-state index in [-0.39, 0.29) is 5.54 Å². The maximum Gasteiger partial charge on any atom is 0.160 e. The Kier molecular flexibility index (Phi) is 4.06. The molecule has 0 spiro atoms. The second-order valence-corrected chi connectivity index (χ2v) is 7.22. The summed E-state index contributed by atoms with van der Waals surface area (Å²) in [6.07, 6.45) is 8.63. The van der Waals surface area contributed by atoms with Crippen LogP contribution in [0.1, 0.15) is 31.2 Å². The van der Waals surface area contributed by atoms with Crippen molar-refractivity contribution in [3.8, 4) is 0 Å². The predicted octanol–water partition coefficient (Wildman–Crippen LogP) is 4.63. The van der Waals surface area contributed by atoms with Crippen molar-refractivity contribution in [1.82, 2.24) is 20.2 Å². The molecule has 1 aliphatic carbocycles. The van der Waals surface area contributed by atoms with Crippen molar-refractivity contribution < 1.29 is 0 Å². The van der Waals surface area contributed by atoms with Gasteiger partial charge in [0.2, 0.25) is 0 Å². The van der Waals surface area contributed by atoms with Crippen molar-refractivity contribution in [2.75, 3.05) is 5.32 Å². The molecule has 0 saturated heterocycles. The maximum absolute atomic E-state index is 6.39. The molecule has 2 aromatic heterocycles. The zero-order valence-corrected chi connectivity index (χ0v) is 14.5. The summed E-state index contributed by atoms with van der Waals surface area (Å²) in [6.45, 7) is 0. The average Bonchev–Trinajstić information content (AvgIpc) is 3.21. The minimum absolute atomic E-state index is 0.0765. The summed E-state index contributed by atoms with van der Waals surface area (Å²) in [5, 5.41) is 13.0. The number of benzene rings is 1. The Morgan fingerprint density at radius 2 is 2.00 bits per heavy atom. The highest BCUT2D eigenvalue weighted by Gasteiger charge is 2.35. The molecule has 5 nitrogen and oxygen atoms in total. The Morgan fingerprint density at radius 1 is 1.17 bits per heavy atom. The Labute approximate surface area is 149 Å². The van der Waals surface area contributed by atoms with E-state index in [0.717, 1.165) is 46.7 Å². The molecule has 124 valence electrons. The van der Waals surface area contributed by atoms with Gasteiger partial charge in [0.1, 0.15) is 12.1 Å². The molecule has 0 radical (unpaired) electrons. The van der Waals surface area contributed by atoms with E-state index in [1.54, 1.807) is 12.5 Å². The molecule has 1 aliphatic rings. The summed E-state index contributed by atoms with van der Waals surface area (Å²) in [6, 6.07) is 5.64. The molecule has 4 rings (SSSR count). The monoisotopic (exact) mass is 361 g/mol. The van der Waals surface area contributed by atoms with Crippen LogP contribution >= 0.6 is 23.2 Å². The summed E-state index contributed by atoms with van der Waals surface area (Å²) in [7, 11) is 0. The van der Waals surface area contributed by atoms with Gasteiger partial charge < -0.3 is 5.32 Å². The fourth-order valence-electron chi connectivity index (χ4n) is 3.56. The van der Waals surface area contributed by atoms with Crippen molar-refractivity contribution >= 4 is 40.1 Å². The number of hydrogen-bond donors (Lipinski definition) is 2. The number of aromatic nitrogens is 4. The molecule has 1 aromatic carbocycles. The molecule has 0 amide bonds. The van der Waals surface area contributed by atoms with Crippen LogP contribution in [0.3, 0.4) is 0 Å². The van der Waals surface area contributed by atoms with Crippen molar-refractivity contribution in [2.24, 2.45) is 0 Å². The first-order valence-corrected chi connectivity index (χ1v) is 8.77. The molecule has 7 heteroatoms. The van der Waals surface area contributed by atoms with E-state index in [0.29, 0.717) is 5.02 Å². The van der Waals surface area contributed by atoms with Crippen LogP contribution < -0.4 is 5.32 Å². The van der Waals surface area contributed by atoms with Crippen molar-refractivity contribution in [2.45, 2.75) is 37.6 Å². The molecule has 24 heavy (non-hydrogen) atoms. The van der Waals surface area contributed by atoms with Crippen LogP contribution in [0.2, 0.25) is 10.0 Å². The number of nitrogens with one attached hydrogen (secondary N) is 2. The zero-order chi connectivity index (χ0) is 16.6. The van der Waals surface area contributed by atoms with Gasteiger partial charge >= 0.3 is 0 Å². The summed E-state index contributed by atoms with van der Waals surface area (Å²) < 4.78 is 0. The van der Waals surface area contributed by atoms with Crippen LogP contribution in [0.15, 0.2) is 30.7 Å². The van der Waals surface area contributed by atoms with Crippen LogP contribution in [0, 0.1) is 0 Å². The van der Waals surface area contributed by atoms with E-state index in [4.69, 9.17) is 23.2 Å². The zero-order valence-electron chi connectivity index (χ0n) is 13.0. The normalized spacial score (nSPS) is 16.6. The highest BCUT2D eigenvalue weighted by Crippen LogP contribution is 2.38. The van der Waals surface area contributed by atoms with Gasteiger partial charge in [-0.3, -0.25) is 5.10 Å². The third-order valence-corrected chi connectivity index (χ3v) is 5.33. The molecule has 0 unspecified atom stereocenters. The van der Waals surface area contributed by atoms with Crippen molar-refractivity contribution in [1.29, 1.82) is 0 Å². The first-order chi connectivity index (χ1) is 11.7. The second-order valence-electron chi connectivity index (χ2n) is 6.38. The number of rotatable bonds is 4. The summed E-state index contributed by atoms with van der Waals surface area (Å²) in [4.78, 5) is 8.63. The highest BCUT2D eigenvalue weighted by atomic mass is 35.5. The van der Waals surface area contributed by atoms with E-state index in [2.05, 4.69) is 25.5 Å². The molecule has 0 bridgehead atoms. The minimum Gasteiger partial charge on any atom is -0.364 e. The largest absolute Gasteiger partial charge is 0.364 e. The smallest absolute Gasteiger partial charge is 0.160 e. The van der Waals surface area contributed by atoms with Gasteiger partial charge in [-0.25, -0.2) is 9.97 Å². The SMILES string of the molecule is Clc1ccc(Cl)c(CC2(Nc3ncnc4[nH]ncc34)CCCC2)c1. The topological polar surface area (TPSA) is 66.5 Å². The highest BCUT2D eigenvalue weighted by molar-refractivity contribution is 6.33. The number of anilines is 1. The van der Waals surface area contributed by atoms with Gasteiger partial charge in [0.15, 0.2) is 5.65 Å². The van der Waals surface area contributed by atoms with Crippen LogP contribution in [0.25, 0.3) is 11.0 Å². The molecule has 3 aromatic rings. The van der Waals surface area contributed by atoms with Crippen LogP contribution in [0.5, 0.6) is 0 Å². The first kappa shape index (κ1) is 15.7. The van der Waals surface area contributed by atoms with Gasteiger partial charge in [0.05, 0.1) is 11.6 Å². The average molecular weight is 362 g/mol. The van der Waals surface area contributed by atoms with Crippen molar-refractivity contribution in [3.63, 3.8) is 0 Å². The van der Waals surface area contributed by atoms with E-state index in [1.807, 2.05) is 18.2 Å². The molecule has 0 atom stereocenters. The lowest BCUT2D eigenvalue weighted by atomic mass is 9.89. The summed E-state index contributed by atoms with van der Waals surface area (Å²) >= 11 is 12.5. The number of halogens is 2. The number of H-pyrrole nitrogens is 1. The molecular formula is C17H17Cl2N5. The minimum atomic E-state index is -0.0765. The fourth-order valence-corrected chi connectivity index (χ4v) is 3.94.